The Morgan fingerprint density at radius 3 is 2.89 bits per heavy atom. The second kappa shape index (κ2) is 6.43. The van der Waals surface area contributed by atoms with Crippen molar-refractivity contribution in [3.8, 4) is 11.5 Å². The van der Waals surface area contributed by atoms with Gasteiger partial charge in [0.1, 0.15) is 0 Å². The fourth-order valence-electron chi connectivity index (χ4n) is 1.48. The molecule has 1 heterocycles. The topological polar surface area (TPSA) is 64.9 Å². The number of nitrogens with two attached hydrogens (primary N) is 1. The number of nitrogen functional groups attached to an aromatic ring is 1. The molecule has 2 rings (SSSR count). The third-order valence-electron chi connectivity index (χ3n) is 2.40. The van der Waals surface area contributed by atoms with Crippen LogP contribution >= 0.6 is 27.7 Å². The van der Waals surface area contributed by atoms with Gasteiger partial charge < -0.3 is 10.3 Å². The van der Waals surface area contributed by atoms with Crippen LogP contribution in [-0.2, 0) is 5.75 Å². The van der Waals surface area contributed by atoms with Crippen LogP contribution in [0.5, 0.6) is 0 Å². The van der Waals surface area contributed by atoms with Gasteiger partial charge in [-0.1, -0.05) is 19.0 Å². The number of hydrogen-bond donors (Lipinski definition) is 1. The molecule has 0 saturated carbocycles. The van der Waals surface area contributed by atoms with Crippen LogP contribution in [0.1, 0.15) is 19.7 Å². The normalized spacial score (nSPS) is 11.2. The average molecular weight is 342 g/mol. The Labute approximate surface area is 125 Å². The highest BCUT2D eigenvalue weighted by atomic mass is 79.9. The van der Waals surface area contributed by atoms with Crippen molar-refractivity contribution in [2.45, 2.75) is 19.6 Å². The van der Waals surface area contributed by atoms with E-state index in [1.165, 1.54) is 0 Å². The van der Waals surface area contributed by atoms with Gasteiger partial charge in [-0.3, -0.25) is 0 Å². The quantitative estimate of drug-likeness (QED) is 0.833. The van der Waals surface area contributed by atoms with Crippen LogP contribution in [0.15, 0.2) is 27.2 Å². The summed E-state index contributed by atoms with van der Waals surface area (Å²) in [6, 6.07) is 5.57. The molecule has 0 radical (unpaired) electrons. The molecule has 19 heavy (non-hydrogen) atoms. The Bertz CT molecular complexity index is 557. The molecule has 1 aromatic heterocycles. The summed E-state index contributed by atoms with van der Waals surface area (Å²) in [6.45, 7) is 4.39. The summed E-state index contributed by atoms with van der Waals surface area (Å²) in [5.74, 6) is 3.80. The van der Waals surface area contributed by atoms with Crippen LogP contribution in [0.2, 0.25) is 0 Å². The predicted molar refractivity (Wildman–Crippen MR) is 82.8 cm³/mol. The van der Waals surface area contributed by atoms with Crippen molar-refractivity contribution in [3.63, 3.8) is 0 Å². The largest absolute Gasteiger partial charge is 0.398 e. The molecule has 0 aliphatic rings. The first kappa shape index (κ1) is 14.4. The van der Waals surface area contributed by atoms with Gasteiger partial charge >= 0.3 is 0 Å². The highest BCUT2D eigenvalue weighted by Gasteiger charge is 2.10. The van der Waals surface area contributed by atoms with E-state index in [-0.39, 0.29) is 0 Å². The van der Waals surface area contributed by atoms with Crippen LogP contribution < -0.4 is 5.73 Å². The van der Waals surface area contributed by atoms with Crippen molar-refractivity contribution in [2.24, 2.45) is 5.92 Å². The third-order valence-corrected chi connectivity index (χ3v) is 4.45. The van der Waals surface area contributed by atoms with Crippen LogP contribution in [0.4, 0.5) is 5.69 Å². The molecule has 0 bridgehead atoms. The minimum absolute atomic E-state index is 0.529. The summed E-state index contributed by atoms with van der Waals surface area (Å²) >= 11 is 5.20. The lowest BCUT2D eigenvalue weighted by Gasteiger charge is -2.00. The summed E-state index contributed by atoms with van der Waals surface area (Å²) in [7, 11) is 0. The zero-order valence-corrected chi connectivity index (χ0v) is 13.3. The van der Waals surface area contributed by atoms with Crippen LogP contribution in [0.25, 0.3) is 11.5 Å². The number of rotatable bonds is 5. The standard InChI is InChI=1S/C13H16BrN3OS/c1-8(2)6-19-7-12-16-13(18-17-12)9-3-4-11(15)10(14)5-9/h3-5,8H,6-7,15H2,1-2H3. The zero-order chi connectivity index (χ0) is 13.8. The minimum Gasteiger partial charge on any atom is -0.398 e. The van der Waals surface area contributed by atoms with Crippen LogP contribution in [-0.4, -0.2) is 15.9 Å². The van der Waals surface area contributed by atoms with Crippen LogP contribution in [0, 0.1) is 5.92 Å². The van der Waals surface area contributed by atoms with Gasteiger partial charge in [-0.25, -0.2) is 0 Å². The molecule has 0 unspecified atom stereocenters. The maximum Gasteiger partial charge on any atom is 0.257 e. The molecule has 0 aliphatic carbocycles. The van der Waals surface area contributed by atoms with Gasteiger partial charge in [-0.2, -0.15) is 16.7 Å². The average Bonchev–Trinajstić information content (AvgIpc) is 2.81. The summed E-state index contributed by atoms with van der Waals surface area (Å²) in [6.07, 6.45) is 0. The monoisotopic (exact) mass is 341 g/mol. The molecule has 1 aromatic carbocycles. The second-order valence-electron chi connectivity index (χ2n) is 4.66. The van der Waals surface area contributed by atoms with Crippen molar-refractivity contribution < 1.29 is 4.52 Å². The lowest BCUT2D eigenvalue weighted by molar-refractivity contribution is 0.425. The van der Waals surface area contributed by atoms with Gasteiger partial charge in [0.2, 0.25) is 0 Å². The van der Waals surface area contributed by atoms with E-state index >= 15 is 0 Å². The number of aromatic nitrogens is 2. The van der Waals surface area contributed by atoms with Crippen molar-refractivity contribution in [2.75, 3.05) is 11.5 Å². The minimum atomic E-state index is 0.529. The first-order valence-corrected chi connectivity index (χ1v) is 7.96. The molecule has 2 aromatic rings. The molecular weight excluding hydrogens is 326 g/mol. The molecule has 2 N–H and O–H groups in total. The number of thioether (sulfide) groups is 1. The Kier molecular flexibility index (Phi) is 4.87. The van der Waals surface area contributed by atoms with Gasteiger partial charge in [0.25, 0.3) is 5.89 Å². The lowest BCUT2D eigenvalue weighted by Crippen LogP contribution is -1.92. The molecule has 0 fully saturated rings. The van der Waals surface area contributed by atoms with Gasteiger partial charge in [0.05, 0.1) is 5.75 Å². The Morgan fingerprint density at radius 2 is 2.21 bits per heavy atom. The molecule has 4 nitrogen and oxygen atoms in total. The van der Waals surface area contributed by atoms with Gasteiger partial charge in [-0.15, -0.1) is 0 Å². The maximum atomic E-state index is 5.75. The predicted octanol–water partition coefficient (Wildman–Crippen LogP) is 3.97. The second-order valence-corrected chi connectivity index (χ2v) is 6.55. The molecule has 0 spiro atoms. The van der Waals surface area contributed by atoms with E-state index in [1.54, 1.807) is 0 Å². The van der Waals surface area contributed by atoms with E-state index in [0.29, 0.717) is 17.5 Å². The summed E-state index contributed by atoms with van der Waals surface area (Å²) in [4.78, 5) is 4.39. The lowest BCUT2D eigenvalue weighted by atomic mass is 10.2. The Morgan fingerprint density at radius 1 is 1.42 bits per heavy atom. The van der Waals surface area contributed by atoms with Crippen LogP contribution in [0.3, 0.4) is 0 Å². The maximum absolute atomic E-state index is 5.75. The molecular formula is C13H16BrN3OS. The van der Waals surface area contributed by atoms with E-state index in [0.717, 1.165) is 27.4 Å². The van der Waals surface area contributed by atoms with Gasteiger partial charge in [0, 0.05) is 15.7 Å². The number of anilines is 1. The van der Waals surface area contributed by atoms with E-state index in [2.05, 4.69) is 39.9 Å². The van der Waals surface area contributed by atoms with E-state index in [1.807, 2.05) is 30.0 Å². The van der Waals surface area contributed by atoms with Gasteiger partial charge in [-0.05, 0) is 45.8 Å². The van der Waals surface area contributed by atoms with Crippen molar-refractivity contribution in [1.82, 2.24) is 10.1 Å². The smallest absolute Gasteiger partial charge is 0.257 e. The van der Waals surface area contributed by atoms with Crippen molar-refractivity contribution in [1.29, 1.82) is 0 Å². The highest BCUT2D eigenvalue weighted by molar-refractivity contribution is 9.10. The van der Waals surface area contributed by atoms with E-state index in [4.69, 9.17) is 10.3 Å². The summed E-state index contributed by atoms with van der Waals surface area (Å²) in [5, 5.41) is 3.99. The fraction of sp³-hybridized carbons (Fsp3) is 0.385. The molecule has 0 atom stereocenters. The summed E-state index contributed by atoms with van der Waals surface area (Å²) in [5.41, 5.74) is 7.31. The zero-order valence-electron chi connectivity index (χ0n) is 10.9. The first-order chi connectivity index (χ1) is 9.06. The van der Waals surface area contributed by atoms with Gasteiger partial charge in [0.15, 0.2) is 5.82 Å². The van der Waals surface area contributed by atoms with Crippen molar-refractivity contribution in [3.05, 3.63) is 28.5 Å². The summed E-state index contributed by atoms with van der Waals surface area (Å²) < 4.78 is 6.10. The number of nitrogens with zero attached hydrogens (tertiary/aromatic N) is 2. The Balaban J connectivity index is 2.05. The SMILES string of the molecule is CC(C)CSCc1noc(-c2ccc(N)c(Br)c2)n1. The third kappa shape index (κ3) is 3.98. The molecule has 102 valence electrons. The first-order valence-electron chi connectivity index (χ1n) is 6.02. The van der Waals surface area contributed by atoms with E-state index in [9.17, 15) is 0 Å². The van der Waals surface area contributed by atoms with Crippen molar-refractivity contribution >= 4 is 33.4 Å². The number of benzene rings is 1. The Hall–Kier alpha value is -1.01. The molecule has 0 aliphatic heterocycles. The van der Waals surface area contributed by atoms with E-state index < -0.39 is 0 Å². The molecule has 6 heteroatoms. The molecule has 0 saturated heterocycles. The molecule has 0 amide bonds. The number of halogens is 1. The number of hydrogen-bond acceptors (Lipinski definition) is 5. The fourth-order valence-corrected chi connectivity index (χ4v) is 2.74. The highest BCUT2D eigenvalue weighted by Crippen LogP contribution is 2.26.